The fourth-order valence-electron chi connectivity index (χ4n) is 2.27. The van der Waals surface area contributed by atoms with Gasteiger partial charge in [-0.1, -0.05) is 26.2 Å². The summed E-state index contributed by atoms with van der Waals surface area (Å²) in [6, 6.07) is 0. The molecular weight excluding hydrogens is 245 g/mol. The van der Waals surface area contributed by atoms with E-state index in [4.69, 9.17) is 0 Å². The molecular formula is C12H21F3N2O. The van der Waals surface area contributed by atoms with E-state index in [1.54, 1.807) is 0 Å². The minimum absolute atomic E-state index is 0.109. The molecule has 0 atom stereocenters. The zero-order valence-corrected chi connectivity index (χ0v) is 10.7. The Morgan fingerprint density at radius 3 is 2.39 bits per heavy atom. The molecule has 0 bridgehead atoms. The van der Waals surface area contributed by atoms with Gasteiger partial charge in [0.2, 0.25) is 5.91 Å². The Morgan fingerprint density at radius 2 is 1.83 bits per heavy atom. The number of nitrogens with one attached hydrogen (secondary N) is 2. The Hall–Kier alpha value is -0.780. The van der Waals surface area contributed by atoms with E-state index in [9.17, 15) is 18.0 Å². The SMILES string of the molecule is CC1(CNC(=O)CNCC(F)(F)F)CCCCC1. The average Bonchev–Trinajstić information content (AvgIpc) is 2.26. The first kappa shape index (κ1) is 15.3. The van der Waals surface area contributed by atoms with E-state index >= 15 is 0 Å². The van der Waals surface area contributed by atoms with Crippen LogP contribution in [0.4, 0.5) is 13.2 Å². The third kappa shape index (κ3) is 6.23. The Labute approximate surface area is 106 Å². The highest BCUT2D eigenvalue weighted by Crippen LogP contribution is 2.34. The van der Waals surface area contributed by atoms with E-state index in [2.05, 4.69) is 17.6 Å². The van der Waals surface area contributed by atoms with Gasteiger partial charge < -0.3 is 10.6 Å². The summed E-state index contributed by atoms with van der Waals surface area (Å²) >= 11 is 0. The summed E-state index contributed by atoms with van der Waals surface area (Å²) in [5.41, 5.74) is 0.109. The molecule has 1 amide bonds. The van der Waals surface area contributed by atoms with Crippen molar-refractivity contribution in [2.75, 3.05) is 19.6 Å². The summed E-state index contributed by atoms with van der Waals surface area (Å²) < 4.78 is 35.5. The van der Waals surface area contributed by atoms with Crippen LogP contribution >= 0.6 is 0 Å². The quantitative estimate of drug-likeness (QED) is 0.801. The number of alkyl halides is 3. The van der Waals surface area contributed by atoms with Crippen molar-refractivity contribution in [2.24, 2.45) is 5.41 Å². The molecule has 1 aliphatic rings. The molecule has 0 spiro atoms. The van der Waals surface area contributed by atoms with Gasteiger partial charge in [-0.15, -0.1) is 0 Å². The second-order valence-corrected chi connectivity index (χ2v) is 5.37. The van der Waals surface area contributed by atoms with Crippen molar-refractivity contribution in [3.8, 4) is 0 Å². The van der Waals surface area contributed by atoms with Gasteiger partial charge in [-0.2, -0.15) is 13.2 Å². The highest BCUT2D eigenvalue weighted by molar-refractivity contribution is 5.78. The van der Waals surface area contributed by atoms with Crippen LogP contribution in [0.25, 0.3) is 0 Å². The van der Waals surface area contributed by atoms with Gasteiger partial charge in [0.25, 0.3) is 0 Å². The molecule has 2 N–H and O–H groups in total. The minimum atomic E-state index is -4.27. The molecule has 1 saturated carbocycles. The van der Waals surface area contributed by atoms with Crippen molar-refractivity contribution in [3.05, 3.63) is 0 Å². The van der Waals surface area contributed by atoms with Crippen LogP contribution < -0.4 is 10.6 Å². The average molecular weight is 266 g/mol. The second-order valence-electron chi connectivity index (χ2n) is 5.37. The predicted octanol–water partition coefficient (Wildman–Crippen LogP) is 2.22. The van der Waals surface area contributed by atoms with Crippen LogP contribution in [0.1, 0.15) is 39.0 Å². The van der Waals surface area contributed by atoms with E-state index in [0.717, 1.165) is 12.8 Å². The molecule has 0 aliphatic heterocycles. The second kappa shape index (κ2) is 6.41. The van der Waals surface area contributed by atoms with Crippen molar-refractivity contribution in [1.82, 2.24) is 10.6 Å². The third-order valence-corrected chi connectivity index (χ3v) is 3.38. The fraction of sp³-hybridized carbons (Fsp3) is 0.917. The van der Waals surface area contributed by atoms with Gasteiger partial charge in [-0.3, -0.25) is 4.79 Å². The van der Waals surface area contributed by atoms with Crippen molar-refractivity contribution >= 4 is 5.91 Å². The van der Waals surface area contributed by atoms with E-state index in [1.165, 1.54) is 19.3 Å². The molecule has 6 heteroatoms. The van der Waals surface area contributed by atoms with Crippen molar-refractivity contribution in [3.63, 3.8) is 0 Å². The summed E-state index contributed by atoms with van der Waals surface area (Å²) in [6.45, 7) is 1.27. The van der Waals surface area contributed by atoms with Crippen LogP contribution in [0.2, 0.25) is 0 Å². The number of rotatable bonds is 5. The fourth-order valence-corrected chi connectivity index (χ4v) is 2.27. The predicted molar refractivity (Wildman–Crippen MR) is 63.1 cm³/mol. The lowest BCUT2D eigenvalue weighted by Gasteiger charge is -2.33. The van der Waals surface area contributed by atoms with Crippen LogP contribution in [-0.2, 0) is 4.79 Å². The molecule has 18 heavy (non-hydrogen) atoms. The van der Waals surface area contributed by atoms with Gasteiger partial charge in [0.15, 0.2) is 0 Å². The molecule has 1 aliphatic carbocycles. The number of amides is 1. The Morgan fingerprint density at radius 1 is 1.22 bits per heavy atom. The summed E-state index contributed by atoms with van der Waals surface area (Å²) in [5.74, 6) is -0.369. The summed E-state index contributed by atoms with van der Waals surface area (Å²) in [4.78, 5) is 11.4. The van der Waals surface area contributed by atoms with E-state index in [1.807, 2.05) is 0 Å². The number of carbonyl (C=O) groups excluding carboxylic acids is 1. The first-order valence-corrected chi connectivity index (χ1v) is 6.35. The molecule has 3 nitrogen and oxygen atoms in total. The number of hydrogen-bond donors (Lipinski definition) is 2. The normalized spacial score (nSPS) is 19.6. The summed E-state index contributed by atoms with van der Waals surface area (Å²) in [6.07, 6.45) is 1.44. The van der Waals surface area contributed by atoms with E-state index in [0.29, 0.717) is 6.54 Å². The highest BCUT2D eigenvalue weighted by atomic mass is 19.4. The van der Waals surface area contributed by atoms with E-state index in [-0.39, 0.29) is 17.9 Å². The molecule has 0 unspecified atom stereocenters. The van der Waals surface area contributed by atoms with Crippen LogP contribution in [0.15, 0.2) is 0 Å². The molecule has 1 fully saturated rings. The maximum Gasteiger partial charge on any atom is 0.401 e. The van der Waals surface area contributed by atoms with Crippen molar-refractivity contribution in [2.45, 2.75) is 45.2 Å². The van der Waals surface area contributed by atoms with Crippen LogP contribution in [0.5, 0.6) is 0 Å². The number of halogens is 3. The summed E-state index contributed by atoms with van der Waals surface area (Å²) in [7, 11) is 0. The van der Waals surface area contributed by atoms with Gasteiger partial charge >= 0.3 is 6.18 Å². The third-order valence-electron chi connectivity index (χ3n) is 3.38. The van der Waals surface area contributed by atoms with Gasteiger partial charge in [0.05, 0.1) is 13.1 Å². The lowest BCUT2D eigenvalue weighted by atomic mass is 9.76. The van der Waals surface area contributed by atoms with Gasteiger partial charge in [-0.05, 0) is 18.3 Å². The molecule has 0 aromatic heterocycles. The standard InChI is InChI=1S/C12H21F3N2O/c1-11(5-3-2-4-6-11)8-17-10(18)7-16-9-12(13,14)15/h16H,2-9H2,1H3,(H,17,18). The number of carbonyl (C=O) groups is 1. The molecule has 0 aromatic carbocycles. The zero-order chi connectivity index (χ0) is 13.6. The molecule has 0 radical (unpaired) electrons. The van der Waals surface area contributed by atoms with Gasteiger partial charge in [0, 0.05) is 6.54 Å². The Kier molecular flexibility index (Phi) is 5.44. The molecule has 0 saturated heterocycles. The largest absolute Gasteiger partial charge is 0.401 e. The lowest BCUT2D eigenvalue weighted by Crippen LogP contribution is -2.42. The Balaban J connectivity index is 2.16. The Bertz CT molecular complexity index is 273. The minimum Gasteiger partial charge on any atom is -0.354 e. The zero-order valence-electron chi connectivity index (χ0n) is 10.7. The van der Waals surface area contributed by atoms with Gasteiger partial charge in [-0.25, -0.2) is 0 Å². The molecule has 1 rings (SSSR count). The number of hydrogen-bond acceptors (Lipinski definition) is 2. The topological polar surface area (TPSA) is 41.1 Å². The van der Waals surface area contributed by atoms with Crippen LogP contribution in [0, 0.1) is 5.41 Å². The summed E-state index contributed by atoms with van der Waals surface area (Å²) in [5, 5.41) is 4.80. The lowest BCUT2D eigenvalue weighted by molar-refractivity contribution is -0.128. The van der Waals surface area contributed by atoms with Crippen molar-refractivity contribution in [1.29, 1.82) is 0 Å². The molecule has 0 heterocycles. The van der Waals surface area contributed by atoms with E-state index < -0.39 is 12.7 Å². The van der Waals surface area contributed by atoms with Crippen molar-refractivity contribution < 1.29 is 18.0 Å². The molecule has 106 valence electrons. The van der Waals surface area contributed by atoms with Crippen LogP contribution in [-0.4, -0.2) is 31.7 Å². The maximum atomic E-state index is 11.8. The maximum absolute atomic E-state index is 11.8. The monoisotopic (exact) mass is 266 g/mol. The van der Waals surface area contributed by atoms with Crippen LogP contribution in [0.3, 0.4) is 0 Å². The first-order valence-electron chi connectivity index (χ1n) is 6.35. The van der Waals surface area contributed by atoms with Gasteiger partial charge in [0.1, 0.15) is 0 Å². The smallest absolute Gasteiger partial charge is 0.354 e. The molecule has 0 aromatic rings. The highest BCUT2D eigenvalue weighted by Gasteiger charge is 2.28. The first-order chi connectivity index (χ1) is 8.31.